The van der Waals surface area contributed by atoms with Gasteiger partial charge in [-0.2, -0.15) is 5.26 Å². The number of nitriles is 1. The zero-order valence-electron chi connectivity index (χ0n) is 9.26. The van der Waals surface area contributed by atoms with Gasteiger partial charge in [0.25, 0.3) is 0 Å². The molecule has 0 saturated heterocycles. The van der Waals surface area contributed by atoms with Gasteiger partial charge in [0.15, 0.2) is 0 Å². The van der Waals surface area contributed by atoms with Crippen LogP contribution in [0.1, 0.15) is 12.0 Å². The van der Waals surface area contributed by atoms with Gasteiger partial charge in [-0.15, -0.1) is 12.6 Å². The average Bonchev–Trinajstić information content (AvgIpc) is 2.25. The largest absolute Gasteiger partial charge is 1.00 e. The molecular formula is C11H12N2NaS2+. The van der Waals surface area contributed by atoms with Crippen molar-refractivity contribution in [3.8, 4) is 6.07 Å². The van der Waals surface area contributed by atoms with Crippen molar-refractivity contribution in [3.05, 3.63) is 35.9 Å². The molecule has 0 spiro atoms. The Morgan fingerprint density at radius 2 is 2.00 bits per heavy atom. The maximum absolute atomic E-state index is 8.52. The van der Waals surface area contributed by atoms with Gasteiger partial charge in [0, 0.05) is 13.1 Å². The minimum absolute atomic E-state index is 0. The van der Waals surface area contributed by atoms with Gasteiger partial charge in [-0.1, -0.05) is 42.5 Å². The Morgan fingerprint density at radius 3 is 2.50 bits per heavy atom. The van der Waals surface area contributed by atoms with E-state index in [1.807, 2.05) is 35.2 Å². The molecule has 0 saturated carbocycles. The Kier molecular flexibility index (Phi) is 9.00. The quantitative estimate of drug-likeness (QED) is 0.454. The molecular weight excluding hydrogens is 247 g/mol. The summed E-state index contributed by atoms with van der Waals surface area (Å²) >= 11 is 9.15. The van der Waals surface area contributed by atoms with Gasteiger partial charge in [-0.05, 0) is 5.56 Å². The normalized spacial score (nSPS) is 8.75. The van der Waals surface area contributed by atoms with Crippen LogP contribution in [-0.4, -0.2) is 15.8 Å². The molecule has 0 unspecified atom stereocenters. The van der Waals surface area contributed by atoms with E-state index in [1.165, 1.54) is 5.56 Å². The molecule has 5 heteroatoms. The maximum Gasteiger partial charge on any atom is 1.00 e. The third-order valence-electron chi connectivity index (χ3n) is 1.98. The van der Waals surface area contributed by atoms with Gasteiger partial charge >= 0.3 is 29.6 Å². The summed E-state index contributed by atoms with van der Waals surface area (Å²) in [5.74, 6) is 0. The predicted molar refractivity (Wildman–Crippen MR) is 68.7 cm³/mol. The first-order valence-corrected chi connectivity index (χ1v) is 5.48. The third kappa shape index (κ3) is 5.88. The topological polar surface area (TPSA) is 27.0 Å². The van der Waals surface area contributed by atoms with Crippen LogP contribution in [-0.2, 0) is 6.54 Å². The van der Waals surface area contributed by atoms with Crippen molar-refractivity contribution in [3.63, 3.8) is 0 Å². The fraction of sp³-hybridized carbons (Fsp3) is 0.273. The van der Waals surface area contributed by atoms with E-state index in [0.29, 0.717) is 23.8 Å². The Bertz CT molecular complexity index is 362. The van der Waals surface area contributed by atoms with Crippen LogP contribution in [0.2, 0.25) is 0 Å². The van der Waals surface area contributed by atoms with Crippen molar-refractivity contribution in [2.45, 2.75) is 13.0 Å². The fourth-order valence-corrected chi connectivity index (χ4v) is 1.56. The van der Waals surface area contributed by atoms with Crippen LogP contribution in [0.25, 0.3) is 0 Å². The molecule has 0 atom stereocenters. The molecule has 0 N–H and O–H groups in total. The van der Waals surface area contributed by atoms with Gasteiger partial charge in [0.1, 0.15) is 4.32 Å². The second-order valence-electron chi connectivity index (χ2n) is 3.10. The van der Waals surface area contributed by atoms with Gasteiger partial charge in [-0.3, -0.25) is 0 Å². The van der Waals surface area contributed by atoms with Gasteiger partial charge in [-0.25, -0.2) is 0 Å². The van der Waals surface area contributed by atoms with Crippen LogP contribution in [0.4, 0.5) is 0 Å². The van der Waals surface area contributed by atoms with Gasteiger partial charge in [0.2, 0.25) is 0 Å². The van der Waals surface area contributed by atoms with E-state index < -0.39 is 0 Å². The van der Waals surface area contributed by atoms with Crippen molar-refractivity contribution < 1.29 is 29.6 Å². The molecule has 78 valence electrons. The number of rotatable bonds is 4. The van der Waals surface area contributed by atoms with Crippen LogP contribution in [0.5, 0.6) is 0 Å². The van der Waals surface area contributed by atoms with Gasteiger partial charge < -0.3 is 4.90 Å². The van der Waals surface area contributed by atoms with Crippen molar-refractivity contribution >= 4 is 29.2 Å². The summed E-state index contributed by atoms with van der Waals surface area (Å²) in [6.07, 6.45) is 0.466. The molecule has 0 aromatic heterocycles. The first-order chi connectivity index (χ1) is 7.24. The van der Waals surface area contributed by atoms with E-state index in [1.54, 1.807) is 0 Å². The summed E-state index contributed by atoms with van der Waals surface area (Å²) in [6.45, 7) is 1.35. The zero-order valence-corrected chi connectivity index (χ0v) is 13.0. The number of thiol groups is 1. The zero-order chi connectivity index (χ0) is 11.1. The Balaban J connectivity index is 0.00000225. The van der Waals surface area contributed by atoms with E-state index >= 15 is 0 Å². The summed E-state index contributed by atoms with van der Waals surface area (Å²) in [4.78, 5) is 1.91. The summed E-state index contributed by atoms with van der Waals surface area (Å²) in [5.41, 5.74) is 1.17. The molecule has 0 amide bonds. The Hall–Kier alpha value is -0.0500. The number of benzene rings is 1. The molecule has 0 aliphatic heterocycles. The second-order valence-corrected chi connectivity index (χ2v) is 4.21. The van der Waals surface area contributed by atoms with E-state index in [-0.39, 0.29) is 29.6 Å². The van der Waals surface area contributed by atoms with Crippen molar-refractivity contribution in [2.24, 2.45) is 0 Å². The third-order valence-corrected chi connectivity index (χ3v) is 2.52. The molecule has 1 aromatic carbocycles. The molecule has 0 radical (unpaired) electrons. The minimum atomic E-state index is 0. The van der Waals surface area contributed by atoms with Crippen molar-refractivity contribution in [1.29, 1.82) is 5.26 Å². The fourth-order valence-electron chi connectivity index (χ4n) is 1.23. The number of thiocarbonyl (C=S) groups is 1. The standard InChI is InChI=1S/C11H12N2S2.Na/c12-7-4-8-13(11(14)15)9-10-5-2-1-3-6-10;/h1-3,5-6H,4,8-9H2,(H,14,15);/q;+1. The molecule has 0 fully saturated rings. The Labute approximate surface area is 129 Å². The average molecular weight is 259 g/mol. The van der Waals surface area contributed by atoms with E-state index in [0.717, 1.165) is 0 Å². The second kappa shape index (κ2) is 9.03. The van der Waals surface area contributed by atoms with E-state index in [9.17, 15) is 0 Å². The smallest absolute Gasteiger partial charge is 0.352 e. The first kappa shape index (κ1) is 16.0. The number of nitrogens with zero attached hydrogens (tertiary/aromatic N) is 2. The maximum atomic E-state index is 8.52. The SMILES string of the molecule is N#CCCN(Cc1ccccc1)C(=S)S.[Na+]. The molecule has 0 aliphatic carbocycles. The summed E-state index contributed by atoms with van der Waals surface area (Å²) < 4.78 is 0.536. The summed E-state index contributed by atoms with van der Waals surface area (Å²) in [5, 5.41) is 8.52. The molecule has 1 rings (SSSR count). The summed E-state index contributed by atoms with van der Waals surface area (Å²) in [6, 6.07) is 12.1. The number of hydrogen-bond acceptors (Lipinski definition) is 2. The molecule has 0 bridgehead atoms. The molecule has 16 heavy (non-hydrogen) atoms. The monoisotopic (exact) mass is 259 g/mol. The van der Waals surface area contributed by atoms with E-state index in [2.05, 4.69) is 18.7 Å². The molecule has 2 nitrogen and oxygen atoms in total. The van der Waals surface area contributed by atoms with E-state index in [4.69, 9.17) is 17.5 Å². The summed E-state index contributed by atoms with van der Waals surface area (Å²) in [7, 11) is 0. The molecule has 0 heterocycles. The molecule has 0 aliphatic rings. The van der Waals surface area contributed by atoms with Gasteiger partial charge in [0.05, 0.1) is 12.5 Å². The van der Waals surface area contributed by atoms with Crippen LogP contribution in [0, 0.1) is 11.3 Å². The number of hydrogen-bond donors (Lipinski definition) is 1. The molecule has 1 aromatic rings. The van der Waals surface area contributed by atoms with Crippen molar-refractivity contribution in [1.82, 2.24) is 4.90 Å². The van der Waals surface area contributed by atoms with Crippen LogP contribution in [0.3, 0.4) is 0 Å². The Morgan fingerprint density at radius 1 is 1.38 bits per heavy atom. The predicted octanol–water partition coefficient (Wildman–Crippen LogP) is -0.379. The minimum Gasteiger partial charge on any atom is -0.352 e. The van der Waals surface area contributed by atoms with Crippen LogP contribution >= 0.6 is 24.8 Å². The van der Waals surface area contributed by atoms with Crippen LogP contribution < -0.4 is 29.6 Å². The first-order valence-electron chi connectivity index (χ1n) is 4.63. The van der Waals surface area contributed by atoms with Crippen LogP contribution in [0.15, 0.2) is 30.3 Å². The van der Waals surface area contributed by atoms with Crippen molar-refractivity contribution in [2.75, 3.05) is 6.54 Å².